The van der Waals surface area contributed by atoms with Gasteiger partial charge in [0.1, 0.15) is 10.7 Å². The molecule has 0 saturated heterocycles. The number of hydrogen-bond acceptors (Lipinski definition) is 4. The van der Waals surface area contributed by atoms with E-state index in [1.54, 1.807) is 0 Å². The zero-order chi connectivity index (χ0) is 10.8. The largest absolute Gasteiger partial charge is 0.316 e. The Morgan fingerprint density at radius 1 is 1.50 bits per heavy atom. The molecule has 6 heteroatoms. The Morgan fingerprint density at radius 2 is 2.14 bits per heavy atom. The maximum Gasteiger partial charge on any atom is 0.178 e. The van der Waals surface area contributed by atoms with E-state index in [1.807, 2.05) is 5.48 Å². The third kappa shape index (κ3) is 2.50. The van der Waals surface area contributed by atoms with Gasteiger partial charge < -0.3 is 5.21 Å². The Morgan fingerprint density at radius 3 is 2.57 bits per heavy atom. The summed E-state index contributed by atoms with van der Waals surface area (Å²) in [6, 6.07) is 3.68. The van der Waals surface area contributed by atoms with Crippen molar-refractivity contribution in [3.8, 4) is 0 Å². The number of hydrogen-bond donors (Lipinski definition) is 2. The lowest BCUT2D eigenvalue weighted by atomic mass is 10.2. The summed E-state index contributed by atoms with van der Waals surface area (Å²) in [6.45, 7) is 0.0704. The maximum atomic E-state index is 13.2. The van der Waals surface area contributed by atoms with E-state index in [-0.39, 0.29) is 11.4 Å². The maximum absolute atomic E-state index is 13.2. The second kappa shape index (κ2) is 4.04. The first kappa shape index (κ1) is 11.1. The molecule has 0 bridgehead atoms. The van der Waals surface area contributed by atoms with Crippen molar-refractivity contribution in [1.29, 1.82) is 0 Å². The molecule has 0 fully saturated rings. The summed E-state index contributed by atoms with van der Waals surface area (Å²) in [5, 5.41) is 8.35. The van der Waals surface area contributed by atoms with Crippen molar-refractivity contribution in [2.24, 2.45) is 0 Å². The van der Waals surface area contributed by atoms with Gasteiger partial charge in [0.15, 0.2) is 9.84 Å². The van der Waals surface area contributed by atoms with Gasteiger partial charge in [-0.25, -0.2) is 18.3 Å². The molecule has 0 atom stereocenters. The van der Waals surface area contributed by atoms with E-state index in [1.165, 1.54) is 12.1 Å². The summed E-state index contributed by atoms with van der Waals surface area (Å²) in [6.07, 6.45) is 0.940. The SMILES string of the molecule is CS(=O)(=O)c1ccc(CNO)cc1F. The van der Waals surface area contributed by atoms with Crippen molar-refractivity contribution in [2.45, 2.75) is 11.4 Å². The molecule has 0 amide bonds. The lowest BCUT2D eigenvalue weighted by molar-refractivity contribution is 0.161. The molecule has 0 aliphatic heterocycles. The lowest BCUT2D eigenvalue weighted by Crippen LogP contribution is -2.07. The van der Waals surface area contributed by atoms with Crippen molar-refractivity contribution in [2.75, 3.05) is 6.26 Å². The fraction of sp³-hybridized carbons (Fsp3) is 0.250. The number of halogens is 1. The lowest BCUT2D eigenvalue weighted by Gasteiger charge is -2.03. The van der Waals surface area contributed by atoms with Crippen molar-refractivity contribution in [3.63, 3.8) is 0 Å². The van der Waals surface area contributed by atoms with Gasteiger partial charge >= 0.3 is 0 Å². The molecule has 1 aromatic carbocycles. The van der Waals surface area contributed by atoms with Crippen molar-refractivity contribution < 1.29 is 18.0 Å². The highest BCUT2D eigenvalue weighted by molar-refractivity contribution is 7.90. The molecule has 0 saturated carbocycles. The van der Waals surface area contributed by atoms with E-state index in [4.69, 9.17) is 5.21 Å². The predicted octanol–water partition coefficient (Wildman–Crippen LogP) is 0.708. The Balaban J connectivity index is 3.15. The minimum Gasteiger partial charge on any atom is -0.316 e. The third-order valence-electron chi connectivity index (χ3n) is 1.68. The van der Waals surface area contributed by atoms with Gasteiger partial charge in [-0.15, -0.1) is 0 Å². The van der Waals surface area contributed by atoms with Gasteiger partial charge in [0, 0.05) is 12.8 Å². The molecule has 0 aromatic heterocycles. The van der Waals surface area contributed by atoms with Crippen LogP contribution in [0.15, 0.2) is 23.1 Å². The van der Waals surface area contributed by atoms with E-state index < -0.39 is 15.7 Å². The van der Waals surface area contributed by atoms with Crippen LogP contribution >= 0.6 is 0 Å². The normalized spacial score (nSPS) is 11.6. The summed E-state index contributed by atoms with van der Waals surface area (Å²) >= 11 is 0. The van der Waals surface area contributed by atoms with Crippen LogP contribution in [-0.2, 0) is 16.4 Å². The zero-order valence-corrected chi connectivity index (χ0v) is 8.31. The second-order valence-corrected chi connectivity index (χ2v) is 4.86. The molecule has 1 aromatic rings. The number of sulfone groups is 1. The molecule has 0 radical (unpaired) electrons. The van der Waals surface area contributed by atoms with Crippen LogP contribution in [0.5, 0.6) is 0 Å². The molecule has 0 aliphatic carbocycles. The summed E-state index contributed by atoms with van der Waals surface area (Å²) in [7, 11) is -3.52. The molecular formula is C8H10FNO3S. The van der Waals surface area contributed by atoms with Gasteiger partial charge in [-0.3, -0.25) is 0 Å². The van der Waals surface area contributed by atoms with Crippen LogP contribution in [0.2, 0.25) is 0 Å². The van der Waals surface area contributed by atoms with Gasteiger partial charge in [-0.05, 0) is 17.7 Å². The van der Waals surface area contributed by atoms with E-state index >= 15 is 0 Å². The highest BCUT2D eigenvalue weighted by atomic mass is 32.2. The van der Waals surface area contributed by atoms with Crippen molar-refractivity contribution in [1.82, 2.24) is 5.48 Å². The van der Waals surface area contributed by atoms with E-state index in [0.29, 0.717) is 5.56 Å². The monoisotopic (exact) mass is 219 g/mol. The van der Waals surface area contributed by atoms with Crippen LogP contribution in [0.1, 0.15) is 5.56 Å². The molecule has 1 rings (SSSR count). The topological polar surface area (TPSA) is 66.4 Å². The van der Waals surface area contributed by atoms with E-state index in [9.17, 15) is 12.8 Å². The fourth-order valence-corrected chi connectivity index (χ4v) is 1.77. The van der Waals surface area contributed by atoms with Gasteiger partial charge in [0.05, 0.1) is 0 Å². The molecule has 0 spiro atoms. The highest BCUT2D eigenvalue weighted by Crippen LogP contribution is 2.15. The van der Waals surface area contributed by atoms with E-state index in [2.05, 4.69) is 0 Å². The third-order valence-corrected chi connectivity index (χ3v) is 2.81. The first-order valence-corrected chi connectivity index (χ1v) is 5.69. The second-order valence-electron chi connectivity index (χ2n) is 2.87. The van der Waals surface area contributed by atoms with Crippen molar-refractivity contribution in [3.05, 3.63) is 29.6 Å². The van der Waals surface area contributed by atoms with Crippen LogP contribution in [0.25, 0.3) is 0 Å². The molecule has 0 heterocycles. The highest BCUT2D eigenvalue weighted by Gasteiger charge is 2.13. The van der Waals surface area contributed by atoms with Crippen LogP contribution in [0.3, 0.4) is 0 Å². The summed E-state index contributed by atoms with van der Waals surface area (Å²) < 4.78 is 35.2. The fourth-order valence-electron chi connectivity index (χ4n) is 1.05. The number of rotatable bonds is 3. The molecule has 78 valence electrons. The molecule has 4 nitrogen and oxygen atoms in total. The molecule has 0 aliphatic rings. The first-order chi connectivity index (χ1) is 6.45. The molecule has 0 unspecified atom stereocenters. The Hall–Kier alpha value is -0.980. The average Bonchev–Trinajstić information content (AvgIpc) is 2.02. The quantitative estimate of drug-likeness (QED) is 0.735. The number of nitrogens with one attached hydrogen (secondary N) is 1. The minimum absolute atomic E-state index is 0.0704. The Kier molecular flexibility index (Phi) is 3.20. The average molecular weight is 219 g/mol. The van der Waals surface area contributed by atoms with Gasteiger partial charge in [-0.1, -0.05) is 6.07 Å². The van der Waals surface area contributed by atoms with Crippen LogP contribution in [0.4, 0.5) is 4.39 Å². The summed E-state index contributed by atoms with van der Waals surface area (Å²) in [5.74, 6) is -0.805. The Bertz CT molecular complexity index is 430. The minimum atomic E-state index is -3.52. The molecular weight excluding hydrogens is 209 g/mol. The van der Waals surface area contributed by atoms with Crippen molar-refractivity contribution >= 4 is 9.84 Å². The number of hydroxylamine groups is 1. The zero-order valence-electron chi connectivity index (χ0n) is 7.49. The van der Waals surface area contributed by atoms with Crippen LogP contribution < -0.4 is 5.48 Å². The molecule has 2 N–H and O–H groups in total. The van der Waals surface area contributed by atoms with Gasteiger partial charge in [0.2, 0.25) is 0 Å². The summed E-state index contributed by atoms with van der Waals surface area (Å²) in [4.78, 5) is -0.334. The number of benzene rings is 1. The Labute approximate surface area is 81.3 Å². The van der Waals surface area contributed by atoms with Crippen LogP contribution in [-0.4, -0.2) is 19.9 Å². The van der Waals surface area contributed by atoms with E-state index in [0.717, 1.165) is 12.3 Å². The molecule has 14 heavy (non-hydrogen) atoms. The smallest absolute Gasteiger partial charge is 0.178 e. The van der Waals surface area contributed by atoms with Gasteiger partial charge in [-0.2, -0.15) is 0 Å². The van der Waals surface area contributed by atoms with Gasteiger partial charge in [0.25, 0.3) is 0 Å². The standard InChI is InChI=1S/C8H10FNO3S/c1-14(12,13)8-3-2-6(5-10-11)4-7(8)9/h2-4,10-11H,5H2,1H3. The van der Waals surface area contributed by atoms with Crippen LogP contribution in [0, 0.1) is 5.82 Å². The summed E-state index contributed by atoms with van der Waals surface area (Å²) in [5.41, 5.74) is 2.32. The first-order valence-electron chi connectivity index (χ1n) is 3.80. The predicted molar refractivity (Wildman–Crippen MR) is 48.1 cm³/mol.